The Hall–Kier alpha value is -2.18. The topological polar surface area (TPSA) is 75.3 Å². The van der Waals surface area contributed by atoms with Crippen LogP contribution in [0.4, 0.5) is 0 Å². The molecule has 0 heterocycles. The molecule has 144 valence electrons. The largest absolute Gasteiger partial charge is 0.352 e. The van der Waals surface area contributed by atoms with Gasteiger partial charge in [-0.05, 0) is 42.5 Å². The van der Waals surface area contributed by atoms with Gasteiger partial charge in [-0.3, -0.25) is 4.79 Å². The Bertz CT molecular complexity index is 860. The molecule has 1 fully saturated rings. The highest BCUT2D eigenvalue weighted by Gasteiger charge is 2.18. The summed E-state index contributed by atoms with van der Waals surface area (Å²) >= 11 is 0. The Kier molecular flexibility index (Phi) is 6.63. The molecule has 2 aromatic carbocycles. The summed E-state index contributed by atoms with van der Waals surface area (Å²) in [6, 6.07) is 15.5. The minimum absolute atomic E-state index is 0.101. The van der Waals surface area contributed by atoms with Gasteiger partial charge in [0.05, 0.1) is 4.90 Å². The summed E-state index contributed by atoms with van der Waals surface area (Å²) in [5, 5.41) is 2.95. The van der Waals surface area contributed by atoms with Crippen molar-refractivity contribution in [3.63, 3.8) is 0 Å². The Morgan fingerprint density at radius 1 is 0.963 bits per heavy atom. The van der Waals surface area contributed by atoms with Gasteiger partial charge in [-0.15, -0.1) is 0 Å². The molecular weight excluding hydrogens is 360 g/mol. The second kappa shape index (κ2) is 9.15. The minimum atomic E-state index is -3.68. The number of hydrogen-bond donors (Lipinski definition) is 2. The zero-order valence-corrected chi connectivity index (χ0v) is 16.2. The van der Waals surface area contributed by atoms with Crippen molar-refractivity contribution in [3.05, 3.63) is 65.7 Å². The molecule has 2 N–H and O–H groups in total. The number of carbonyl (C=O) groups excluding carboxylic acids is 1. The Labute approximate surface area is 161 Å². The quantitative estimate of drug-likeness (QED) is 0.765. The van der Waals surface area contributed by atoms with Crippen LogP contribution in [-0.4, -0.2) is 20.9 Å². The lowest BCUT2D eigenvalue weighted by atomic mass is 9.89. The number of benzene rings is 2. The Morgan fingerprint density at radius 2 is 1.70 bits per heavy atom. The number of hydrogen-bond acceptors (Lipinski definition) is 3. The van der Waals surface area contributed by atoms with Crippen LogP contribution in [0.25, 0.3) is 0 Å². The van der Waals surface area contributed by atoms with E-state index < -0.39 is 10.0 Å². The molecule has 5 nitrogen and oxygen atoms in total. The van der Waals surface area contributed by atoms with Crippen molar-refractivity contribution in [2.45, 2.75) is 43.5 Å². The molecule has 1 aliphatic carbocycles. The van der Waals surface area contributed by atoms with Gasteiger partial charge < -0.3 is 5.32 Å². The predicted octanol–water partition coefficient (Wildman–Crippen LogP) is 3.48. The summed E-state index contributed by atoms with van der Waals surface area (Å²) < 4.78 is 27.7. The highest BCUT2D eigenvalue weighted by Crippen LogP contribution is 2.23. The average molecular weight is 387 g/mol. The van der Waals surface area contributed by atoms with E-state index in [2.05, 4.69) is 10.0 Å². The van der Waals surface area contributed by atoms with E-state index in [1.165, 1.54) is 31.4 Å². The molecule has 0 unspecified atom stereocenters. The van der Waals surface area contributed by atoms with Crippen molar-refractivity contribution in [3.8, 4) is 0 Å². The smallest absolute Gasteiger partial charge is 0.251 e. The van der Waals surface area contributed by atoms with Gasteiger partial charge in [0.25, 0.3) is 5.91 Å². The summed E-state index contributed by atoms with van der Waals surface area (Å²) in [7, 11) is -3.68. The first-order valence-corrected chi connectivity index (χ1v) is 10.9. The van der Waals surface area contributed by atoms with Crippen LogP contribution in [0.15, 0.2) is 59.5 Å². The van der Waals surface area contributed by atoms with Crippen molar-refractivity contribution >= 4 is 15.9 Å². The number of sulfonamides is 1. The second-order valence-electron chi connectivity index (χ2n) is 7.05. The van der Waals surface area contributed by atoms with Gasteiger partial charge in [0.2, 0.25) is 10.0 Å². The number of carbonyl (C=O) groups is 1. The molecule has 0 bridgehead atoms. The lowest BCUT2D eigenvalue weighted by molar-refractivity contribution is 0.0943. The standard InChI is InChI=1S/C21H26N2O3S/c24-21(22-15-17-8-3-1-4-9-17)19-12-7-13-20(14-19)27(25,26)23-16-18-10-5-2-6-11-18/h2,5-7,10-14,17,23H,1,3-4,8-9,15-16H2,(H,22,24). The van der Waals surface area contributed by atoms with Gasteiger partial charge in [-0.25, -0.2) is 13.1 Å². The van der Waals surface area contributed by atoms with E-state index in [9.17, 15) is 13.2 Å². The lowest BCUT2D eigenvalue weighted by Gasteiger charge is -2.21. The highest BCUT2D eigenvalue weighted by atomic mass is 32.2. The van der Waals surface area contributed by atoms with Gasteiger partial charge in [0.15, 0.2) is 0 Å². The molecule has 0 spiro atoms. The molecule has 1 amide bonds. The monoisotopic (exact) mass is 386 g/mol. The molecule has 0 aliphatic heterocycles. The highest BCUT2D eigenvalue weighted by molar-refractivity contribution is 7.89. The molecule has 0 saturated heterocycles. The zero-order valence-electron chi connectivity index (χ0n) is 15.4. The van der Waals surface area contributed by atoms with E-state index in [4.69, 9.17) is 0 Å². The molecular formula is C21H26N2O3S. The maximum absolute atomic E-state index is 12.5. The maximum atomic E-state index is 12.5. The first kappa shape index (κ1) is 19.6. The van der Waals surface area contributed by atoms with E-state index in [0.29, 0.717) is 18.0 Å². The van der Waals surface area contributed by atoms with Crippen molar-refractivity contribution < 1.29 is 13.2 Å². The third-order valence-corrected chi connectivity index (χ3v) is 6.39. The van der Waals surface area contributed by atoms with Crippen LogP contribution < -0.4 is 10.0 Å². The van der Waals surface area contributed by atoms with Crippen molar-refractivity contribution in [2.24, 2.45) is 5.92 Å². The number of nitrogens with one attached hydrogen (secondary N) is 2. The van der Waals surface area contributed by atoms with Crippen LogP contribution in [0.5, 0.6) is 0 Å². The minimum Gasteiger partial charge on any atom is -0.352 e. The average Bonchev–Trinajstić information content (AvgIpc) is 2.72. The molecule has 6 heteroatoms. The SMILES string of the molecule is O=C(NCC1CCCCC1)c1cccc(S(=O)(=O)NCc2ccccc2)c1. The van der Waals surface area contributed by atoms with Gasteiger partial charge in [-0.1, -0.05) is 55.7 Å². The van der Waals surface area contributed by atoms with Crippen LogP contribution in [0.1, 0.15) is 48.0 Å². The van der Waals surface area contributed by atoms with Crippen LogP contribution in [0.2, 0.25) is 0 Å². The van der Waals surface area contributed by atoms with Gasteiger partial charge >= 0.3 is 0 Å². The van der Waals surface area contributed by atoms with Crippen molar-refractivity contribution in [1.82, 2.24) is 10.0 Å². The summed E-state index contributed by atoms with van der Waals surface area (Å²) in [5.41, 5.74) is 1.25. The molecule has 1 aliphatic rings. The molecule has 1 saturated carbocycles. The molecule has 3 rings (SSSR count). The normalized spacial score (nSPS) is 15.4. The van der Waals surface area contributed by atoms with E-state index in [0.717, 1.165) is 18.4 Å². The third kappa shape index (κ3) is 5.65. The third-order valence-electron chi connectivity index (χ3n) is 4.99. The van der Waals surface area contributed by atoms with Gasteiger partial charge in [0.1, 0.15) is 0 Å². The number of rotatable bonds is 7. The van der Waals surface area contributed by atoms with Crippen molar-refractivity contribution in [1.29, 1.82) is 0 Å². The summed E-state index contributed by atoms with van der Waals surface area (Å²) in [5.74, 6) is 0.308. The zero-order chi connectivity index (χ0) is 19.1. The molecule has 27 heavy (non-hydrogen) atoms. The lowest BCUT2D eigenvalue weighted by Crippen LogP contribution is -2.30. The Balaban J connectivity index is 1.62. The van der Waals surface area contributed by atoms with Crippen LogP contribution >= 0.6 is 0 Å². The molecule has 0 radical (unpaired) electrons. The van der Waals surface area contributed by atoms with Gasteiger partial charge in [-0.2, -0.15) is 0 Å². The fourth-order valence-corrected chi connectivity index (χ4v) is 4.46. The summed E-state index contributed by atoms with van der Waals surface area (Å²) in [6.07, 6.45) is 6.03. The summed E-state index contributed by atoms with van der Waals surface area (Å²) in [6.45, 7) is 0.864. The first-order valence-electron chi connectivity index (χ1n) is 9.46. The van der Waals surface area contributed by atoms with E-state index >= 15 is 0 Å². The van der Waals surface area contributed by atoms with Crippen LogP contribution in [-0.2, 0) is 16.6 Å². The van der Waals surface area contributed by atoms with E-state index in [-0.39, 0.29) is 17.3 Å². The fourth-order valence-electron chi connectivity index (χ4n) is 3.39. The van der Waals surface area contributed by atoms with E-state index in [1.807, 2.05) is 30.3 Å². The van der Waals surface area contributed by atoms with Crippen LogP contribution in [0, 0.1) is 5.92 Å². The maximum Gasteiger partial charge on any atom is 0.251 e. The first-order chi connectivity index (χ1) is 13.0. The molecule has 2 aromatic rings. The summed E-state index contributed by atoms with van der Waals surface area (Å²) in [4.78, 5) is 12.5. The van der Waals surface area contributed by atoms with Crippen molar-refractivity contribution in [2.75, 3.05) is 6.54 Å². The molecule has 0 aromatic heterocycles. The fraction of sp³-hybridized carbons (Fsp3) is 0.381. The van der Waals surface area contributed by atoms with Gasteiger partial charge in [0, 0.05) is 18.7 Å². The van der Waals surface area contributed by atoms with E-state index in [1.54, 1.807) is 12.1 Å². The number of amides is 1. The Morgan fingerprint density at radius 3 is 2.44 bits per heavy atom. The second-order valence-corrected chi connectivity index (χ2v) is 8.82. The predicted molar refractivity (Wildman–Crippen MR) is 106 cm³/mol. The molecule has 0 atom stereocenters. The van der Waals surface area contributed by atoms with Crippen LogP contribution in [0.3, 0.4) is 0 Å².